The molecule has 11 heteroatoms. The fourth-order valence-corrected chi connectivity index (χ4v) is 5.74. The number of thiophene rings is 1. The molecular formula is C19H19FN4O4S2. The number of amides is 1. The van der Waals surface area contributed by atoms with E-state index in [1.807, 2.05) is 4.90 Å². The highest BCUT2D eigenvalue weighted by atomic mass is 32.2. The van der Waals surface area contributed by atoms with E-state index in [2.05, 4.69) is 10.5 Å². The van der Waals surface area contributed by atoms with Crippen LogP contribution in [0.5, 0.6) is 0 Å². The van der Waals surface area contributed by atoms with Crippen LogP contribution in [0, 0.1) is 12.7 Å². The normalized spacial score (nSPS) is 15.3. The van der Waals surface area contributed by atoms with Crippen molar-refractivity contribution in [2.45, 2.75) is 11.8 Å². The molecule has 4 rings (SSSR count). The number of carbonyl (C=O) groups is 1. The molecule has 0 saturated carbocycles. The second-order valence-electron chi connectivity index (χ2n) is 6.79. The van der Waals surface area contributed by atoms with E-state index < -0.39 is 15.9 Å². The van der Waals surface area contributed by atoms with Gasteiger partial charge in [0.1, 0.15) is 11.6 Å². The van der Waals surface area contributed by atoms with E-state index in [9.17, 15) is 17.6 Å². The number of rotatable bonds is 5. The van der Waals surface area contributed by atoms with Gasteiger partial charge in [0.2, 0.25) is 10.0 Å². The Kier molecular flexibility index (Phi) is 5.58. The molecule has 3 heterocycles. The molecule has 0 bridgehead atoms. The fourth-order valence-electron chi connectivity index (χ4n) is 3.16. The molecule has 1 N–H and O–H groups in total. The molecule has 1 amide bonds. The zero-order valence-electron chi connectivity index (χ0n) is 16.0. The van der Waals surface area contributed by atoms with Crippen molar-refractivity contribution in [2.24, 2.45) is 0 Å². The van der Waals surface area contributed by atoms with Crippen LogP contribution in [0.1, 0.15) is 15.4 Å². The van der Waals surface area contributed by atoms with Gasteiger partial charge in [-0.25, -0.2) is 12.8 Å². The van der Waals surface area contributed by atoms with Crippen LogP contribution in [0.4, 0.5) is 15.9 Å². The number of benzene rings is 1. The van der Waals surface area contributed by atoms with Crippen molar-refractivity contribution < 1.29 is 22.1 Å². The van der Waals surface area contributed by atoms with E-state index in [1.165, 1.54) is 27.9 Å². The maximum absolute atomic E-state index is 13.1. The molecule has 158 valence electrons. The number of halogens is 1. The third kappa shape index (κ3) is 4.23. The van der Waals surface area contributed by atoms with Crippen molar-refractivity contribution in [3.63, 3.8) is 0 Å². The van der Waals surface area contributed by atoms with Crippen molar-refractivity contribution >= 4 is 38.8 Å². The minimum Gasteiger partial charge on any atom is -0.369 e. The first kappa shape index (κ1) is 20.5. The molecule has 0 atom stereocenters. The number of nitrogens with zero attached hydrogens (tertiary/aromatic N) is 3. The van der Waals surface area contributed by atoms with Gasteiger partial charge < -0.3 is 14.7 Å². The lowest BCUT2D eigenvalue weighted by Gasteiger charge is -2.35. The summed E-state index contributed by atoms with van der Waals surface area (Å²) in [5.74, 6) is 0.0681. The zero-order valence-corrected chi connectivity index (χ0v) is 17.7. The average Bonchev–Trinajstić information content (AvgIpc) is 3.38. The molecule has 1 saturated heterocycles. The van der Waals surface area contributed by atoms with Crippen LogP contribution in [0.25, 0.3) is 0 Å². The molecule has 0 unspecified atom stereocenters. The van der Waals surface area contributed by atoms with E-state index in [0.717, 1.165) is 17.0 Å². The smallest absolute Gasteiger partial charge is 0.267 e. The third-order valence-corrected chi connectivity index (χ3v) is 7.69. The van der Waals surface area contributed by atoms with Gasteiger partial charge in [0.05, 0.1) is 9.77 Å². The minimum absolute atomic E-state index is 0.0872. The van der Waals surface area contributed by atoms with Crippen LogP contribution in [0.3, 0.4) is 0 Å². The highest BCUT2D eigenvalue weighted by Gasteiger charge is 2.30. The largest absolute Gasteiger partial charge is 0.369 e. The van der Waals surface area contributed by atoms with Crippen LogP contribution in [-0.2, 0) is 10.0 Å². The SMILES string of the molecule is Cc1cc(NC(=O)c2cc(S(=O)(=O)N3CCN(c4ccc(F)cc4)CC3)cs2)no1. The van der Waals surface area contributed by atoms with Gasteiger partial charge in [-0.2, -0.15) is 4.31 Å². The van der Waals surface area contributed by atoms with Crippen molar-refractivity contribution in [2.75, 3.05) is 36.4 Å². The lowest BCUT2D eigenvalue weighted by atomic mass is 10.2. The molecule has 1 aliphatic heterocycles. The van der Waals surface area contributed by atoms with Gasteiger partial charge in [-0.3, -0.25) is 4.79 Å². The summed E-state index contributed by atoms with van der Waals surface area (Å²) >= 11 is 1.05. The monoisotopic (exact) mass is 450 g/mol. The molecule has 0 spiro atoms. The molecule has 3 aromatic rings. The molecule has 1 aromatic carbocycles. The molecule has 8 nitrogen and oxygen atoms in total. The van der Waals surface area contributed by atoms with Gasteiger partial charge in [-0.1, -0.05) is 5.16 Å². The van der Waals surface area contributed by atoms with Gasteiger partial charge in [-0.05, 0) is 37.3 Å². The molecule has 30 heavy (non-hydrogen) atoms. The molecule has 2 aromatic heterocycles. The summed E-state index contributed by atoms with van der Waals surface area (Å²) in [6, 6.07) is 9.07. The van der Waals surface area contributed by atoms with Gasteiger partial charge >= 0.3 is 0 Å². The number of aryl methyl sites for hydroxylation is 1. The van der Waals surface area contributed by atoms with Crippen molar-refractivity contribution in [1.29, 1.82) is 0 Å². The number of piperazine rings is 1. The van der Waals surface area contributed by atoms with Gasteiger partial charge in [0.15, 0.2) is 5.82 Å². The third-order valence-electron chi connectivity index (χ3n) is 4.74. The van der Waals surface area contributed by atoms with Gasteiger partial charge in [0, 0.05) is 43.3 Å². The van der Waals surface area contributed by atoms with E-state index in [0.29, 0.717) is 31.9 Å². The molecule has 0 radical (unpaired) electrons. The summed E-state index contributed by atoms with van der Waals surface area (Å²) in [4.78, 5) is 14.7. The maximum atomic E-state index is 13.1. The Bertz CT molecular complexity index is 1150. The number of nitrogens with one attached hydrogen (secondary N) is 1. The van der Waals surface area contributed by atoms with Crippen molar-refractivity contribution in [3.05, 3.63) is 58.2 Å². The lowest BCUT2D eigenvalue weighted by molar-refractivity contribution is 0.102. The Hall–Kier alpha value is -2.76. The predicted molar refractivity (Wildman–Crippen MR) is 111 cm³/mol. The maximum Gasteiger partial charge on any atom is 0.267 e. The number of hydrogen-bond donors (Lipinski definition) is 1. The minimum atomic E-state index is -3.71. The Morgan fingerprint density at radius 2 is 1.87 bits per heavy atom. The van der Waals surface area contributed by atoms with Crippen molar-refractivity contribution in [1.82, 2.24) is 9.46 Å². The fraction of sp³-hybridized carbons (Fsp3) is 0.263. The van der Waals surface area contributed by atoms with Gasteiger partial charge in [0.25, 0.3) is 5.91 Å². The number of carbonyl (C=O) groups excluding carboxylic acids is 1. The van der Waals surface area contributed by atoms with E-state index in [4.69, 9.17) is 4.52 Å². The van der Waals surface area contributed by atoms with Gasteiger partial charge in [-0.15, -0.1) is 11.3 Å². The average molecular weight is 451 g/mol. The van der Waals surface area contributed by atoms with E-state index in [-0.39, 0.29) is 21.4 Å². The standard InChI is InChI=1S/C19H19FN4O4S2/c1-13-10-18(22-28-13)21-19(25)17-11-16(12-29-17)30(26,27)24-8-6-23(7-9-24)15-4-2-14(20)3-5-15/h2-5,10-12H,6-9H2,1H3,(H,21,22,25). The van der Waals surface area contributed by atoms with E-state index >= 15 is 0 Å². The van der Waals surface area contributed by atoms with Crippen molar-refractivity contribution in [3.8, 4) is 0 Å². The quantitative estimate of drug-likeness (QED) is 0.642. The molecule has 0 aliphatic carbocycles. The van der Waals surface area contributed by atoms with E-state index in [1.54, 1.807) is 25.1 Å². The second-order valence-corrected chi connectivity index (χ2v) is 9.64. The van der Waals surface area contributed by atoms with Crippen LogP contribution < -0.4 is 10.2 Å². The topological polar surface area (TPSA) is 95.8 Å². The van der Waals surface area contributed by atoms with Crippen LogP contribution in [-0.4, -0.2) is 50.0 Å². The predicted octanol–water partition coefficient (Wildman–Crippen LogP) is 2.95. The summed E-state index contributed by atoms with van der Waals surface area (Å²) in [6.45, 7) is 3.29. The Balaban J connectivity index is 1.41. The number of hydrogen-bond acceptors (Lipinski definition) is 7. The summed E-state index contributed by atoms with van der Waals surface area (Å²) in [5.41, 5.74) is 0.853. The summed E-state index contributed by atoms with van der Waals surface area (Å²) in [6.07, 6.45) is 0. The first-order chi connectivity index (χ1) is 14.3. The summed E-state index contributed by atoms with van der Waals surface area (Å²) < 4.78 is 45.4. The number of aromatic nitrogens is 1. The first-order valence-electron chi connectivity index (χ1n) is 9.17. The zero-order chi connectivity index (χ0) is 21.3. The van der Waals surface area contributed by atoms with Crippen LogP contribution in [0.2, 0.25) is 0 Å². The van der Waals surface area contributed by atoms with Crippen LogP contribution >= 0.6 is 11.3 Å². The Morgan fingerprint density at radius 1 is 1.17 bits per heavy atom. The number of anilines is 2. The Morgan fingerprint density at radius 3 is 2.50 bits per heavy atom. The first-order valence-corrected chi connectivity index (χ1v) is 11.5. The highest BCUT2D eigenvalue weighted by Crippen LogP contribution is 2.26. The lowest BCUT2D eigenvalue weighted by Crippen LogP contribution is -2.48. The summed E-state index contributed by atoms with van der Waals surface area (Å²) in [7, 11) is -3.71. The molecule has 1 fully saturated rings. The highest BCUT2D eigenvalue weighted by molar-refractivity contribution is 7.89. The molecular weight excluding hydrogens is 431 g/mol. The Labute approximate surface area is 176 Å². The number of sulfonamides is 1. The summed E-state index contributed by atoms with van der Waals surface area (Å²) in [5, 5.41) is 7.73. The second kappa shape index (κ2) is 8.17. The van der Waals surface area contributed by atoms with Crippen LogP contribution in [0.15, 0.2) is 51.2 Å². The molecule has 1 aliphatic rings.